The first kappa shape index (κ1) is 16.0. The van der Waals surface area contributed by atoms with E-state index in [2.05, 4.69) is 32.4 Å². The van der Waals surface area contributed by atoms with Gasteiger partial charge in [0.2, 0.25) is 0 Å². The molecule has 0 atom stereocenters. The van der Waals surface area contributed by atoms with Crippen molar-refractivity contribution < 1.29 is 4.74 Å². The number of nitrogens with zero attached hydrogens (tertiary/aromatic N) is 3. The van der Waals surface area contributed by atoms with Gasteiger partial charge in [0.1, 0.15) is 17.5 Å². The summed E-state index contributed by atoms with van der Waals surface area (Å²) in [5.41, 5.74) is 0. The molecule has 0 aliphatic carbocycles. The van der Waals surface area contributed by atoms with Gasteiger partial charge in [-0.1, -0.05) is 13.3 Å². The number of anilines is 2. The van der Waals surface area contributed by atoms with Crippen molar-refractivity contribution in [1.29, 1.82) is 0 Å². The number of aromatic nitrogens is 2. The van der Waals surface area contributed by atoms with Gasteiger partial charge in [-0.15, -0.1) is 0 Å². The Hall–Kier alpha value is -1.40. The summed E-state index contributed by atoms with van der Waals surface area (Å²) >= 11 is 0. The second-order valence-electron chi connectivity index (χ2n) is 5.35. The van der Waals surface area contributed by atoms with Crippen LogP contribution >= 0.6 is 0 Å². The average molecular weight is 293 g/mol. The van der Waals surface area contributed by atoms with Crippen molar-refractivity contribution in [3.05, 3.63) is 11.9 Å². The number of ether oxygens (including phenoxy) is 1. The van der Waals surface area contributed by atoms with E-state index in [9.17, 15) is 0 Å². The highest BCUT2D eigenvalue weighted by Crippen LogP contribution is 2.11. The first-order chi connectivity index (χ1) is 10.3. The highest BCUT2D eigenvalue weighted by Gasteiger charge is 2.09. The molecule has 118 valence electrons. The van der Waals surface area contributed by atoms with E-state index in [-0.39, 0.29) is 0 Å². The summed E-state index contributed by atoms with van der Waals surface area (Å²) in [6.07, 6.45) is 2.34. The molecule has 2 heterocycles. The van der Waals surface area contributed by atoms with Crippen molar-refractivity contribution in [2.75, 3.05) is 56.6 Å². The van der Waals surface area contributed by atoms with Crippen LogP contribution in [0, 0.1) is 6.92 Å². The summed E-state index contributed by atoms with van der Waals surface area (Å²) in [4.78, 5) is 11.3. The maximum absolute atomic E-state index is 5.35. The van der Waals surface area contributed by atoms with Gasteiger partial charge in [0.25, 0.3) is 0 Å². The molecule has 0 radical (unpaired) electrons. The second-order valence-corrected chi connectivity index (χ2v) is 5.35. The molecule has 1 aromatic heterocycles. The molecule has 1 aromatic rings. The maximum atomic E-state index is 5.35. The smallest absolute Gasteiger partial charge is 0.131 e. The van der Waals surface area contributed by atoms with E-state index >= 15 is 0 Å². The number of hydrogen-bond donors (Lipinski definition) is 2. The number of morpholine rings is 1. The van der Waals surface area contributed by atoms with Crippen molar-refractivity contribution in [1.82, 2.24) is 14.9 Å². The van der Waals surface area contributed by atoms with Crippen LogP contribution in [0.25, 0.3) is 0 Å². The Balaban J connectivity index is 1.78. The molecule has 0 aromatic carbocycles. The molecule has 6 heteroatoms. The Morgan fingerprint density at radius 2 is 1.81 bits per heavy atom. The SMILES string of the molecule is CCCCNc1cc(NCCN2CCOCC2)nc(C)n1. The van der Waals surface area contributed by atoms with Gasteiger partial charge in [0.15, 0.2) is 0 Å². The molecule has 0 bridgehead atoms. The van der Waals surface area contributed by atoms with Crippen LogP contribution in [0.1, 0.15) is 25.6 Å². The summed E-state index contributed by atoms with van der Waals surface area (Å²) in [6.45, 7) is 10.7. The van der Waals surface area contributed by atoms with Crippen molar-refractivity contribution in [3.8, 4) is 0 Å². The lowest BCUT2D eigenvalue weighted by Crippen LogP contribution is -2.39. The monoisotopic (exact) mass is 293 g/mol. The fourth-order valence-corrected chi connectivity index (χ4v) is 2.31. The molecular weight excluding hydrogens is 266 g/mol. The van der Waals surface area contributed by atoms with Crippen molar-refractivity contribution in [2.45, 2.75) is 26.7 Å². The average Bonchev–Trinajstić information content (AvgIpc) is 2.48. The van der Waals surface area contributed by atoms with E-state index in [4.69, 9.17) is 4.74 Å². The lowest BCUT2D eigenvalue weighted by Gasteiger charge is -2.26. The Morgan fingerprint density at radius 3 is 2.48 bits per heavy atom. The van der Waals surface area contributed by atoms with Crippen LogP contribution in [-0.2, 0) is 4.74 Å². The molecule has 0 amide bonds. The van der Waals surface area contributed by atoms with Crippen LogP contribution in [-0.4, -0.2) is 60.8 Å². The quantitative estimate of drug-likeness (QED) is 0.712. The minimum atomic E-state index is 0.797. The zero-order chi connectivity index (χ0) is 14.9. The van der Waals surface area contributed by atoms with Gasteiger partial charge in [-0.05, 0) is 13.3 Å². The number of unbranched alkanes of at least 4 members (excludes halogenated alkanes) is 1. The van der Waals surface area contributed by atoms with E-state index in [1.807, 2.05) is 13.0 Å². The van der Waals surface area contributed by atoms with Gasteiger partial charge < -0.3 is 15.4 Å². The third kappa shape index (κ3) is 5.85. The predicted molar refractivity (Wildman–Crippen MR) is 85.9 cm³/mol. The van der Waals surface area contributed by atoms with Crippen LogP contribution < -0.4 is 10.6 Å². The molecule has 1 saturated heterocycles. The molecule has 2 rings (SSSR count). The molecule has 1 aliphatic rings. The van der Waals surface area contributed by atoms with Crippen molar-refractivity contribution in [2.24, 2.45) is 0 Å². The van der Waals surface area contributed by atoms with Gasteiger partial charge in [-0.25, -0.2) is 9.97 Å². The summed E-state index contributed by atoms with van der Waals surface area (Å²) in [6, 6.07) is 1.99. The maximum Gasteiger partial charge on any atom is 0.131 e. The van der Waals surface area contributed by atoms with Crippen LogP contribution in [0.5, 0.6) is 0 Å². The highest BCUT2D eigenvalue weighted by atomic mass is 16.5. The Bertz CT molecular complexity index is 421. The summed E-state index contributed by atoms with van der Waals surface area (Å²) in [5.74, 6) is 2.60. The van der Waals surface area contributed by atoms with Crippen LogP contribution in [0.15, 0.2) is 6.07 Å². The predicted octanol–water partition coefficient (Wildman–Crippen LogP) is 1.74. The van der Waals surface area contributed by atoms with E-state index in [0.29, 0.717) is 0 Å². The summed E-state index contributed by atoms with van der Waals surface area (Å²) in [5, 5.41) is 6.74. The largest absolute Gasteiger partial charge is 0.379 e. The Morgan fingerprint density at radius 1 is 1.14 bits per heavy atom. The Labute approximate surface area is 127 Å². The molecule has 2 N–H and O–H groups in total. The zero-order valence-electron chi connectivity index (χ0n) is 13.2. The van der Waals surface area contributed by atoms with E-state index in [1.54, 1.807) is 0 Å². The van der Waals surface area contributed by atoms with E-state index < -0.39 is 0 Å². The van der Waals surface area contributed by atoms with Crippen molar-refractivity contribution >= 4 is 11.6 Å². The third-order valence-corrected chi connectivity index (χ3v) is 3.51. The van der Waals surface area contributed by atoms with Gasteiger partial charge in [0.05, 0.1) is 13.2 Å². The highest BCUT2D eigenvalue weighted by molar-refractivity contribution is 5.47. The number of aryl methyl sites for hydroxylation is 1. The first-order valence-corrected chi connectivity index (χ1v) is 7.91. The lowest BCUT2D eigenvalue weighted by atomic mass is 10.3. The van der Waals surface area contributed by atoms with Gasteiger partial charge in [0, 0.05) is 38.8 Å². The van der Waals surface area contributed by atoms with Crippen LogP contribution in [0.2, 0.25) is 0 Å². The fourth-order valence-electron chi connectivity index (χ4n) is 2.31. The lowest BCUT2D eigenvalue weighted by molar-refractivity contribution is 0.0398. The van der Waals surface area contributed by atoms with Gasteiger partial charge >= 0.3 is 0 Å². The molecule has 1 aliphatic heterocycles. The number of hydrogen-bond acceptors (Lipinski definition) is 6. The normalized spacial score (nSPS) is 15.9. The van der Waals surface area contributed by atoms with E-state index in [1.165, 1.54) is 6.42 Å². The van der Waals surface area contributed by atoms with E-state index in [0.717, 1.165) is 69.8 Å². The topological polar surface area (TPSA) is 62.3 Å². The molecular formula is C15H27N5O. The van der Waals surface area contributed by atoms with Crippen LogP contribution in [0.3, 0.4) is 0 Å². The molecule has 6 nitrogen and oxygen atoms in total. The molecule has 0 spiro atoms. The van der Waals surface area contributed by atoms with Gasteiger partial charge in [-0.2, -0.15) is 0 Å². The Kier molecular flexibility index (Phi) is 6.69. The molecule has 0 saturated carbocycles. The van der Waals surface area contributed by atoms with Crippen LogP contribution in [0.4, 0.5) is 11.6 Å². The summed E-state index contributed by atoms with van der Waals surface area (Å²) < 4.78 is 5.35. The fraction of sp³-hybridized carbons (Fsp3) is 0.733. The first-order valence-electron chi connectivity index (χ1n) is 7.91. The minimum absolute atomic E-state index is 0.797. The molecule has 1 fully saturated rings. The molecule has 21 heavy (non-hydrogen) atoms. The van der Waals surface area contributed by atoms with Gasteiger partial charge in [-0.3, -0.25) is 4.90 Å². The second kappa shape index (κ2) is 8.79. The number of rotatable bonds is 8. The van der Waals surface area contributed by atoms with Crippen molar-refractivity contribution in [3.63, 3.8) is 0 Å². The minimum Gasteiger partial charge on any atom is -0.379 e. The molecule has 0 unspecified atom stereocenters. The standard InChI is InChI=1S/C15H27N5O/c1-3-4-5-16-14-12-15(19-13(2)18-14)17-6-7-20-8-10-21-11-9-20/h12H,3-11H2,1-2H3,(H2,16,17,18,19). The zero-order valence-corrected chi connectivity index (χ0v) is 13.2. The summed E-state index contributed by atoms with van der Waals surface area (Å²) in [7, 11) is 0. The number of nitrogens with one attached hydrogen (secondary N) is 2. The third-order valence-electron chi connectivity index (χ3n) is 3.51.